The van der Waals surface area contributed by atoms with Crippen molar-refractivity contribution in [2.45, 2.75) is 13.3 Å². The number of para-hydroxylation sites is 1. The molecule has 102 valence electrons. The maximum Gasteiger partial charge on any atom is 0.134 e. The molecular weight excluding hydrogens is 293 g/mol. The van der Waals surface area contributed by atoms with Crippen molar-refractivity contribution < 1.29 is 4.79 Å². The number of nitrogens with one attached hydrogen (secondary N) is 1. The molecule has 0 radical (unpaired) electrons. The van der Waals surface area contributed by atoms with Crippen LogP contribution in [0.1, 0.15) is 12.5 Å². The second-order valence-electron chi connectivity index (χ2n) is 4.37. The van der Waals surface area contributed by atoms with E-state index in [0.717, 1.165) is 11.3 Å². The summed E-state index contributed by atoms with van der Waals surface area (Å²) in [5, 5.41) is 4.08. The Balaban J connectivity index is 2.37. The zero-order valence-corrected chi connectivity index (χ0v) is 12.4. The molecule has 0 unspecified atom stereocenters. The Morgan fingerprint density at radius 3 is 2.80 bits per heavy atom. The van der Waals surface area contributed by atoms with E-state index in [1.165, 1.54) is 0 Å². The molecule has 0 spiro atoms. The average molecular weight is 306 g/mol. The van der Waals surface area contributed by atoms with Gasteiger partial charge in [0.15, 0.2) is 0 Å². The summed E-state index contributed by atoms with van der Waals surface area (Å²) >= 11 is 12.3. The first-order valence-corrected chi connectivity index (χ1v) is 6.87. The molecule has 2 nitrogen and oxygen atoms in total. The summed E-state index contributed by atoms with van der Waals surface area (Å²) in [4.78, 5) is 11.3. The number of carbonyl (C=O) groups is 1. The Hall–Kier alpha value is -1.73. The van der Waals surface area contributed by atoms with Gasteiger partial charge in [0, 0.05) is 12.1 Å². The quantitative estimate of drug-likeness (QED) is 0.828. The van der Waals surface area contributed by atoms with Gasteiger partial charge in [-0.15, -0.1) is 0 Å². The summed E-state index contributed by atoms with van der Waals surface area (Å²) in [5.41, 5.74) is 5.19. The van der Waals surface area contributed by atoms with E-state index in [1.807, 2.05) is 24.3 Å². The lowest BCUT2D eigenvalue weighted by atomic mass is 10.1. The molecule has 1 aromatic carbocycles. The largest absolute Gasteiger partial charge is 0.352 e. The third-order valence-corrected chi connectivity index (χ3v) is 3.34. The molecular formula is C16H13Cl2NO. The highest BCUT2D eigenvalue weighted by Gasteiger charge is 2.11. The van der Waals surface area contributed by atoms with Crippen molar-refractivity contribution in [2.24, 2.45) is 0 Å². The van der Waals surface area contributed by atoms with Gasteiger partial charge in [-0.1, -0.05) is 53.2 Å². The summed E-state index contributed by atoms with van der Waals surface area (Å²) in [6.07, 6.45) is 5.56. The molecule has 0 heterocycles. The summed E-state index contributed by atoms with van der Waals surface area (Å²) in [7, 11) is 0. The van der Waals surface area contributed by atoms with Crippen molar-refractivity contribution in [2.75, 3.05) is 5.32 Å². The van der Waals surface area contributed by atoms with Gasteiger partial charge in [0.05, 0.1) is 10.7 Å². The van der Waals surface area contributed by atoms with Crippen molar-refractivity contribution in [1.82, 2.24) is 0 Å². The fraction of sp³-hybridized carbons (Fsp3) is 0.125. The number of rotatable bonds is 4. The number of anilines is 1. The Bertz CT molecular complexity index is 665. The lowest BCUT2D eigenvalue weighted by molar-refractivity contribution is -0.116. The summed E-state index contributed by atoms with van der Waals surface area (Å²) in [6, 6.07) is 7.57. The van der Waals surface area contributed by atoms with Crippen LogP contribution in [0.5, 0.6) is 0 Å². The van der Waals surface area contributed by atoms with E-state index < -0.39 is 0 Å². The standard InChI is InChI=1S/C16H13Cl2NO/c1-11(20)10-12-6-2-5-9-15(12)19-16-13(17)7-3-4-8-14(16)18/h2-7,9,19H,10H2,1H3. The summed E-state index contributed by atoms with van der Waals surface area (Å²) < 4.78 is 0. The molecule has 1 aliphatic carbocycles. The third kappa shape index (κ3) is 3.64. The Labute approximate surface area is 128 Å². The molecule has 20 heavy (non-hydrogen) atoms. The van der Waals surface area contributed by atoms with E-state index in [2.05, 4.69) is 11.0 Å². The molecule has 0 aliphatic heterocycles. The van der Waals surface area contributed by atoms with Crippen LogP contribution in [0.25, 0.3) is 0 Å². The SMILES string of the molecule is CC(=O)Cc1ccccc1NC1=C(Cl)C=CC=C=C1Cl. The van der Waals surface area contributed by atoms with E-state index in [4.69, 9.17) is 23.2 Å². The lowest BCUT2D eigenvalue weighted by Crippen LogP contribution is -2.06. The maximum absolute atomic E-state index is 11.3. The first kappa shape index (κ1) is 14.7. The van der Waals surface area contributed by atoms with Gasteiger partial charge in [0.2, 0.25) is 0 Å². The van der Waals surface area contributed by atoms with Gasteiger partial charge >= 0.3 is 0 Å². The van der Waals surface area contributed by atoms with Gasteiger partial charge in [0.1, 0.15) is 10.8 Å². The number of halogens is 2. The molecule has 2 rings (SSSR count). The van der Waals surface area contributed by atoms with Crippen LogP contribution in [-0.2, 0) is 11.2 Å². The molecule has 0 saturated carbocycles. The van der Waals surface area contributed by atoms with Crippen LogP contribution in [0.3, 0.4) is 0 Å². The zero-order chi connectivity index (χ0) is 14.5. The van der Waals surface area contributed by atoms with Gasteiger partial charge < -0.3 is 5.32 Å². The molecule has 0 bridgehead atoms. The monoisotopic (exact) mass is 305 g/mol. The molecule has 0 amide bonds. The lowest BCUT2D eigenvalue weighted by Gasteiger charge is -2.14. The number of hydrogen-bond acceptors (Lipinski definition) is 2. The van der Waals surface area contributed by atoms with Gasteiger partial charge in [-0.25, -0.2) is 0 Å². The highest BCUT2D eigenvalue weighted by molar-refractivity contribution is 6.36. The van der Waals surface area contributed by atoms with Crippen LogP contribution in [0.2, 0.25) is 0 Å². The van der Waals surface area contributed by atoms with Crippen LogP contribution >= 0.6 is 23.2 Å². The van der Waals surface area contributed by atoms with Crippen molar-refractivity contribution in [3.05, 3.63) is 69.5 Å². The normalized spacial score (nSPS) is 14.1. The molecule has 0 fully saturated rings. The Morgan fingerprint density at radius 2 is 2.05 bits per heavy atom. The van der Waals surface area contributed by atoms with Crippen LogP contribution < -0.4 is 5.32 Å². The second-order valence-corrected chi connectivity index (χ2v) is 5.15. The number of allylic oxidation sites excluding steroid dienone is 4. The molecule has 0 saturated heterocycles. The Kier molecular flexibility index (Phi) is 4.86. The van der Waals surface area contributed by atoms with Crippen molar-refractivity contribution in [3.63, 3.8) is 0 Å². The molecule has 0 aromatic heterocycles. The maximum atomic E-state index is 11.3. The van der Waals surface area contributed by atoms with Crippen molar-refractivity contribution in [1.29, 1.82) is 0 Å². The topological polar surface area (TPSA) is 29.1 Å². The van der Waals surface area contributed by atoms with E-state index in [-0.39, 0.29) is 5.78 Å². The van der Waals surface area contributed by atoms with Gasteiger partial charge in [-0.3, -0.25) is 4.79 Å². The first-order chi connectivity index (χ1) is 9.58. The number of hydrogen-bond donors (Lipinski definition) is 1. The molecule has 1 N–H and O–H groups in total. The second kappa shape index (κ2) is 6.62. The predicted molar refractivity (Wildman–Crippen MR) is 83.9 cm³/mol. The van der Waals surface area contributed by atoms with Crippen LogP contribution in [0.4, 0.5) is 5.69 Å². The van der Waals surface area contributed by atoms with Crippen molar-refractivity contribution in [3.8, 4) is 0 Å². The fourth-order valence-electron chi connectivity index (χ4n) is 1.83. The fourth-order valence-corrected chi connectivity index (χ4v) is 2.30. The van der Waals surface area contributed by atoms with E-state index in [1.54, 1.807) is 25.2 Å². The number of carbonyl (C=O) groups excluding carboxylic acids is 1. The van der Waals surface area contributed by atoms with Gasteiger partial charge in [0.25, 0.3) is 0 Å². The highest BCUT2D eigenvalue weighted by atomic mass is 35.5. The smallest absolute Gasteiger partial charge is 0.134 e. The molecule has 0 atom stereocenters. The van der Waals surface area contributed by atoms with Crippen LogP contribution in [0, 0.1) is 0 Å². The van der Waals surface area contributed by atoms with E-state index in [0.29, 0.717) is 22.2 Å². The minimum absolute atomic E-state index is 0.0987. The minimum atomic E-state index is 0.0987. The van der Waals surface area contributed by atoms with Gasteiger partial charge in [-0.05, 0) is 30.7 Å². The van der Waals surface area contributed by atoms with E-state index in [9.17, 15) is 4.79 Å². The highest BCUT2D eigenvalue weighted by Crippen LogP contribution is 2.27. The number of ketones is 1. The number of Topliss-reactive ketones (excluding diaryl/α,β-unsaturated/α-hetero) is 1. The first-order valence-electron chi connectivity index (χ1n) is 6.11. The van der Waals surface area contributed by atoms with Crippen LogP contribution in [-0.4, -0.2) is 5.78 Å². The third-order valence-electron chi connectivity index (χ3n) is 2.72. The average Bonchev–Trinajstić information content (AvgIpc) is 2.55. The van der Waals surface area contributed by atoms with Crippen molar-refractivity contribution >= 4 is 34.7 Å². The summed E-state index contributed by atoms with van der Waals surface area (Å²) in [5.74, 6) is 0.0987. The number of benzene rings is 1. The van der Waals surface area contributed by atoms with Crippen LogP contribution in [0.15, 0.2) is 64.0 Å². The van der Waals surface area contributed by atoms with E-state index >= 15 is 0 Å². The summed E-state index contributed by atoms with van der Waals surface area (Å²) in [6.45, 7) is 1.56. The predicted octanol–water partition coefficient (Wildman–Crippen LogP) is 4.53. The van der Waals surface area contributed by atoms with Gasteiger partial charge in [-0.2, -0.15) is 0 Å². The zero-order valence-electron chi connectivity index (χ0n) is 10.9. The molecule has 1 aromatic rings. The minimum Gasteiger partial charge on any atom is -0.352 e. The molecule has 1 aliphatic rings. The molecule has 4 heteroatoms. The Morgan fingerprint density at radius 1 is 1.30 bits per heavy atom.